The number of nitrogens with zero attached hydrogens (tertiary/aromatic N) is 1. The molecule has 1 saturated heterocycles. The largest absolute Gasteiger partial charge is 0.513 e. The van der Waals surface area contributed by atoms with Gasteiger partial charge in [-0.1, -0.05) is 30.3 Å². The number of anilines is 1. The van der Waals surface area contributed by atoms with E-state index in [1.165, 1.54) is 5.56 Å². The Bertz CT molecular complexity index is 769. The first-order valence-electron chi connectivity index (χ1n) is 9.68. The van der Waals surface area contributed by atoms with E-state index in [0.717, 1.165) is 32.4 Å². The number of hydrogen-bond acceptors (Lipinski definition) is 4. The van der Waals surface area contributed by atoms with Gasteiger partial charge in [0.2, 0.25) is 0 Å². The van der Waals surface area contributed by atoms with E-state index < -0.39 is 6.16 Å². The lowest BCUT2D eigenvalue weighted by molar-refractivity contribution is 0.104. The van der Waals surface area contributed by atoms with Crippen molar-refractivity contribution in [1.82, 2.24) is 4.90 Å². The maximum absolute atomic E-state index is 12.5. The zero-order chi connectivity index (χ0) is 19.8. The molecule has 0 spiro atoms. The van der Waals surface area contributed by atoms with Gasteiger partial charge in [0.05, 0.1) is 6.61 Å². The van der Waals surface area contributed by atoms with Crippen molar-refractivity contribution >= 4 is 17.9 Å². The Hall–Kier alpha value is -3.02. The molecule has 28 heavy (non-hydrogen) atoms. The Balaban J connectivity index is 1.44. The van der Waals surface area contributed by atoms with Crippen molar-refractivity contribution in [2.45, 2.75) is 26.2 Å². The monoisotopic (exact) mass is 382 g/mol. The third-order valence-corrected chi connectivity index (χ3v) is 4.84. The van der Waals surface area contributed by atoms with Crippen LogP contribution >= 0.6 is 0 Å². The molecule has 1 N–H and O–H groups in total. The minimum Gasteiger partial charge on any atom is -0.434 e. The van der Waals surface area contributed by atoms with Crippen molar-refractivity contribution < 1.29 is 19.1 Å². The van der Waals surface area contributed by atoms with Gasteiger partial charge in [0.15, 0.2) is 0 Å². The molecule has 1 heterocycles. The summed E-state index contributed by atoms with van der Waals surface area (Å²) in [4.78, 5) is 25.6. The number of hydrogen-bond donors (Lipinski definition) is 1. The summed E-state index contributed by atoms with van der Waals surface area (Å²) in [5.41, 5.74) is 2.02. The number of ether oxygens (including phenoxy) is 2. The van der Waals surface area contributed by atoms with Crippen LogP contribution in [0, 0.1) is 5.92 Å². The van der Waals surface area contributed by atoms with Crippen LogP contribution in [0.3, 0.4) is 0 Å². The van der Waals surface area contributed by atoms with E-state index in [-0.39, 0.29) is 12.6 Å². The molecule has 1 fully saturated rings. The Morgan fingerprint density at radius 3 is 2.36 bits per heavy atom. The molecule has 3 rings (SSSR count). The van der Waals surface area contributed by atoms with Crippen LogP contribution in [0.5, 0.6) is 5.75 Å². The van der Waals surface area contributed by atoms with Gasteiger partial charge in [-0.25, -0.2) is 9.59 Å². The van der Waals surface area contributed by atoms with Crippen LogP contribution in [0.25, 0.3) is 0 Å². The molecule has 0 aromatic heterocycles. The number of likely N-dealkylation sites (tertiary alicyclic amines) is 1. The lowest BCUT2D eigenvalue weighted by Gasteiger charge is -2.32. The highest BCUT2D eigenvalue weighted by Gasteiger charge is 2.23. The minimum atomic E-state index is -0.738. The van der Waals surface area contributed by atoms with Crippen LogP contribution in [-0.4, -0.2) is 36.8 Å². The first-order chi connectivity index (χ1) is 13.6. The number of benzene rings is 2. The molecule has 0 bridgehead atoms. The molecule has 2 amide bonds. The molecule has 6 nitrogen and oxygen atoms in total. The molecule has 0 saturated carbocycles. The van der Waals surface area contributed by atoms with Crippen LogP contribution in [0.4, 0.5) is 15.3 Å². The van der Waals surface area contributed by atoms with Crippen molar-refractivity contribution in [2.75, 3.05) is 25.0 Å². The van der Waals surface area contributed by atoms with Crippen molar-refractivity contribution in [1.29, 1.82) is 0 Å². The van der Waals surface area contributed by atoms with E-state index in [4.69, 9.17) is 9.47 Å². The highest BCUT2D eigenvalue weighted by Crippen LogP contribution is 2.23. The number of carbonyl (C=O) groups excluding carboxylic acids is 2. The molecule has 148 valence electrons. The van der Waals surface area contributed by atoms with E-state index in [0.29, 0.717) is 17.4 Å². The van der Waals surface area contributed by atoms with Crippen molar-refractivity contribution in [3.8, 4) is 5.75 Å². The van der Waals surface area contributed by atoms with Gasteiger partial charge < -0.3 is 19.7 Å². The molecule has 1 aliphatic rings. The van der Waals surface area contributed by atoms with Crippen LogP contribution in [-0.2, 0) is 11.2 Å². The number of rotatable bonds is 5. The molecular formula is C22H26N2O4. The second kappa shape index (κ2) is 9.78. The zero-order valence-corrected chi connectivity index (χ0v) is 16.1. The molecule has 0 radical (unpaired) electrons. The molecule has 2 aromatic carbocycles. The average molecular weight is 382 g/mol. The fraction of sp³-hybridized carbons (Fsp3) is 0.364. The molecule has 6 heteroatoms. The second-order valence-electron chi connectivity index (χ2n) is 6.86. The highest BCUT2D eigenvalue weighted by atomic mass is 16.7. The topological polar surface area (TPSA) is 67.9 Å². The van der Waals surface area contributed by atoms with Gasteiger partial charge >= 0.3 is 12.2 Å². The zero-order valence-electron chi connectivity index (χ0n) is 16.1. The van der Waals surface area contributed by atoms with Crippen LogP contribution in [0.15, 0.2) is 54.6 Å². The maximum Gasteiger partial charge on any atom is 0.513 e. The van der Waals surface area contributed by atoms with Crippen molar-refractivity contribution in [3.63, 3.8) is 0 Å². The maximum atomic E-state index is 12.5. The first-order valence-corrected chi connectivity index (χ1v) is 9.68. The lowest BCUT2D eigenvalue weighted by atomic mass is 9.90. The molecule has 1 aliphatic heterocycles. The third kappa shape index (κ3) is 5.74. The van der Waals surface area contributed by atoms with E-state index in [1.54, 1.807) is 31.2 Å². The van der Waals surface area contributed by atoms with Crippen LogP contribution in [0.2, 0.25) is 0 Å². The minimum absolute atomic E-state index is 0.0998. The van der Waals surface area contributed by atoms with Crippen LogP contribution in [0.1, 0.15) is 25.3 Å². The van der Waals surface area contributed by atoms with Gasteiger partial charge in [-0.2, -0.15) is 0 Å². The normalized spacial score (nSPS) is 14.4. The molecular weight excluding hydrogens is 356 g/mol. The van der Waals surface area contributed by atoms with E-state index in [9.17, 15) is 9.59 Å². The SMILES string of the molecule is CCOC(=O)Oc1ccc(NC(=O)N2CCC(Cc3ccccc3)CC2)cc1. The summed E-state index contributed by atoms with van der Waals surface area (Å²) in [6.45, 7) is 3.49. The quantitative estimate of drug-likeness (QED) is 0.601. The average Bonchev–Trinajstić information content (AvgIpc) is 2.71. The second-order valence-corrected chi connectivity index (χ2v) is 6.86. The predicted octanol–water partition coefficient (Wildman–Crippen LogP) is 4.71. The van der Waals surface area contributed by atoms with E-state index >= 15 is 0 Å². The summed E-state index contributed by atoms with van der Waals surface area (Å²) >= 11 is 0. The summed E-state index contributed by atoms with van der Waals surface area (Å²) in [7, 11) is 0. The fourth-order valence-electron chi connectivity index (χ4n) is 3.34. The highest BCUT2D eigenvalue weighted by molar-refractivity contribution is 5.89. The number of piperidine rings is 1. The summed E-state index contributed by atoms with van der Waals surface area (Å²) in [6.07, 6.45) is 2.35. The fourth-order valence-corrected chi connectivity index (χ4v) is 3.34. The Labute approximate surface area is 165 Å². The van der Waals surface area contributed by atoms with Gasteiger partial charge in [-0.05, 0) is 61.9 Å². The standard InChI is InChI=1S/C22H26N2O4/c1-2-27-22(26)28-20-10-8-19(9-11-20)23-21(25)24-14-12-18(13-15-24)16-17-6-4-3-5-7-17/h3-11,18H,2,12-16H2,1H3,(H,23,25). The van der Waals surface area contributed by atoms with Gasteiger partial charge in [-0.3, -0.25) is 0 Å². The molecule has 2 aromatic rings. The predicted molar refractivity (Wildman–Crippen MR) is 108 cm³/mol. The number of amides is 2. The third-order valence-electron chi connectivity index (χ3n) is 4.84. The van der Waals surface area contributed by atoms with E-state index in [1.807, 2.05) is 11.0 Å². The van der Waals surface area contributed by atoms with Gasteiger partial charge in [0, 0.05) is 18.8 Å². The molecule has 0 aliphatic carbocycles. The van der Waals surface area contributed by atoms with Crippen molar-refractivity contribution in [3.05, 3.63) is 60.2 Å². The summed E-state index contributed by atoms with van der Waals surface area (Å²) in [6, 6.07) is 17.1. The number of nitrogens with one attached hydrogen (secondary N) is 1. The van der Waals surface area contributed by atoms with Crippen LogP contribution < -0.4 is 10.1 Å². The molecule has 0 unspecified atom stereocenters. The summed E-state index contributed by atoms with van der Waals surface area (Å²) in [5, 5.41) is 2.90. The number of urea groups is 1. The lowest BCUT2D eigenvalue weighted by Crippen LogP contribution is -2.41. The summed E-state index contributed by atoms with van der Waals surface area (Å²) in [5.74, 6) is 0.990. The number of carbonyl (C=O) groups is 2. The van der Waals surface area contributed by atoms with E-state index in [2.05, 4.69) is 29.6 Å². The Morgan fingerprint density at radius 2 is 1.71 bits per heavy atom. The molecule has 0 atom stereocenters. The Morgan fingerprint density at radius 1 is 1.04 bits per heavy atom. The first kappa shape index (κ1) is 19.7. The van der Waals surface area contributed by atoms with Gasteiger partial charge in [-0.15, -0.1) is 0 Å². The van der Waals surface area contributed by atoms with Gasteiger partial charge in [0.25, 0.3) is 0 Å². The smallest absolute Gasteiger partial charge is 0.434 e. The summed E-state index contributed by atoms with van der Waals surface area (Å²) < 4.78 is 9.74. The van der Waals surface area contributed by atoms with Gasteiger partial charge in [0.1, 0.15) is 5.75 Å². The Kier molecular flexibility index (Phi) is 6.89. The van der Waals surface area contributed by atoms with Crippen molar-refractivity contribution in [2.24, 2.45) is 5.92 Å².